The molecule has 0 unspecified atom stereocenters. The van der Waals surface area contributed by atoms with Gasteiger partial charge < -0.3 is 11.1 Å². The van der Waals surface area contributed by atoms with Crippen LogP contribution in [0.4, 0.5) is 13.2 Å². The molecule has 3 nitrogen and oxygen atoms in total. The molecule has 2 rings (SSSR count). The van der Waals surface area contributed by atoms with Crippen LogP contribution in [-0.4, -0.2) is 12.5 Å². The van der Waals surface area contributed by atoms with Crippen LogP contribution in [0.3, 0.4) is 0 Å². The van der Waals surface area contributed by atoms with E-state index in [0.717, 1.165) is 0 Å². The van der Waals surface area contributed by atoms with E-state index in [1.165, 1.54) is 6.07 Å². The number of nitrogens with two attached hydrogens (primary N) is 1. The highest BCUT2D eigenvalue weighted by Gasteiger charge is 2.16. The predicted molar refractivity (Wildman–Crippen MR) is 72.7 cm³/mol. The molecule has 1 amide bonds. The van der Waals surface area contributed by atoms with Crippen molar-refractivity contribution < 1.29 is 18.0 Å². The molecule has 2 aromatic carbocycles. The average molecular weight is 294 g/mol. The van der Waals surface area contributed by atoms with Crippen LogP contribution in [0, 0.1) is 17.5 Å². The molecule has 0 aromatic heterocycles. The Labute approximate surface area is 119 Å². The first-order valence-electron chi connectivity index (χ1n) is 6.21. The topological polar surface area (TPSA) is 55.1 Å². The molecule has 0 saturated heterocycles. The standard InChI is InChI=1S/C15H13F3N2O/c16-10-5-12(17)15(13(18)6-10)11-4-2-1-3-9(11)7-20-8-14(19)21/h1-6,20H,7-8H2,(H2,19,21). The summed E-state index contributed by atoms with van der Waals surface area (Å²) in [5.74, 6) is -3.46. The summed E-state index contributed by atoms with van der Waals surface area (Å²) in [4.78, 5) is 10.7. The predicted octanol–water partition coefficient (Wildman–Crippen LogP) is 2.35. The van der Waals surface area contributed by atoms with E-state index in [2.05, 4.69) is 5.32 Å². The third kappa shape index (κ3) is 3.61. The Kier molecular flexibility index (Phi) is 4.59. The maximum Gasteiger partial charge on any atom is 0.231 e. The summed E-state index contributed by atoms with van der Waals surface area (Å²) < 4.78 is 40.7. The quantitative estimate of drug-likeness (QED) is 0.889. The lowest BCUT2D eigenvalue weighted by molar-refractivity contribution is -0.117. The number of primary amides is 1. The molecule has 21 heavy (non-hydrogen) atoms. The number of rotatable bonds is 5. The SMILES string of the molecule is NC(=O)CNCc1ccccc1-c1c(F)cc(F)cc1F. The Morgan fingerprint density at radius 1 is 1.10 bits per heavy atom. The fourth-order valence-corrected chi connectivity index (χ4v) is 2.04. The maximum atomic E-state index is 13.9. The van der Waals surface area contributed by atoms with E-state index in [9.17, 15) is 18.0 Å². The van der Waals surface area contributed by atoms with E-state index in [-0.39, 0.29) is 18.7 Å². The number of amides is 1. The third-order valence-electron chi connectivity index (χ3n) is 2.91. The molecule has 3 N–H and O–H groups in total. The van der Waals surface area contributed by atoms with Gasteiger partial charge in [0.15, 0.2) is 0 Å². The van der Waals surface area contributed by atoms with Crippen LogP contribution in [-0.2, 0) is 11.3 Å². The van der Waals surface area contributed by atoms with Gasteiger partial charge in [-0.05, 0) is 11.1 Å². The summed E-state index contributed by atoms with van der Waals surface area (Å²) in [5.41, 5.74) is 5.58. The highest BCUT2D eigenvalue weighted by atomic mass is 19.1. The van der Waals surface area contributed by atoms with Gasteiger partial charge in [0.2, 0.25) is 5.91 Å². The summed E-state index contributed by atoms with van der Waals surface area (Å²) >= 11 is 0. The number of benzene rings is 2. The number of hydrogen-bond donors (Lipinski definition) is 2. The second-order valence-electron chi connectivity index (χ2n) is 4.47. The van der Waals surface area contributed by atoms with Gasteiger partial charge in [0.25, 0.3) is 0 Å². The number of hydrogen-bond acceptors (Lipinski definition) is 2. The Morgan fingerprint density at radius 3 is 2.33 bits per heavy atom. The van der Waals surface area contributed by atoms with Gasteiger partial charge in [0, 0.05) is 18.7 Å². The van der Waals surface area contributed by atoms with Gasteiger partial charge in [-0.1, -0.05) is 24.3 Å². The Hall–Kier alpha value is -2.34. The van der Waals surface area contributed by atoms with Crippen molar-refractivity contribution in [2.75, 3.05) is 6.54 Å². The zero-order valence-electron chi connectivity index (χ0n) is 11.0. The van der Waals surface area contributed by atoms with Crippen molar-refractivity contribution in [2.45, 2.75) is 6.54 Å². The van der Waals surface area contributed by atoms with E-state index in [4.69, 9.17) is 5.73 Å². The molecule has 0 saturated carbocycles. The van der Waals surface area contributed by atoms with Crippen LogP contribution in [0.15, 0.2) is 36.4 Å². The van der Waals surface area contributed by atoms with Gasteiger partial charge in [0.1, 0.15) is 17.5 Å². The van der Waals surface area contributed by atoms with Crippen molar-refractivity contribution in [1.29, 1.82) is 0 Å². The van der Waals surface area contributed by atoms with Crippen molar-refractivity contribution in [1.82, 2.24) is 5.32 Å². The third-order valence-corrected chi connectivity index (χ3v) is 2.91. The van der Waals surface area contributed by atoms with Crippen molar-refractivity contribution in [3.05, 3.63) is 59.4 Å². The molecule has 0 atom stereocenters. The number of nitrogens with one attached hydrogen (secondary N) is 1. The van der Waals surface area contributed by atoms with Crippen molar-refractivity contribution >= 4 is 5.91 Å². The molecule has 110 valence electrons. The van der Waals surface area contributed by atoms with Crippen LogP contribution in [0.25, 0.3) is 11.1 Å². The van der Waals surface area contributed by atoms with Gasteiger partial charge in [-0.3, -0.25) is 4.79 Å². The lowest BCUT2D eigenvalue weighted by Crippen LogP contribution is -2.28. The summed E-state index contributed by atoms with van der Waals surface area (Å²) in [6.45, 7) is 0.151. The minimum Gasteiger partial charge on any atom is -0.369 e. The fourth-order valence-electron chi connectivity index (χ4n) is 2.04. The van der Waals surface area contributed by atoms with Crippen molar-refractivity contribution in [3.63, 3.8) is 0 Å². The highest BCUT2D eigenvalue weighted by Crippen LogP contribution is 2.29. The van der Waals surface area contributed by atoms with Gasteiger partial charge >= 0.3 is 0 Å². The Balaban J connectivity index is 2.38. The van der Waals surface area contributed by atoms with Crippen LogP contribution < -0.4 is 11.1 Å². The fraction of sp³-hybridized carbons (Fsp3) is 0.133. The van der Waals surface area contributed by atoms with Gasteiger partial charge in [0.05, 0.1) is 12.1 Å². The second kappa shape index (κ2) is 6.41. The second-order valence-corrected chi connectivity index (χ2v) is 4.47. The van der Waals surface area contributed by atoms with Gasteiger partial charge in [-0.2, -0.15) is 0 Å². The Bertz CT molecular complexity index is 651. The summed E-state index contributed by atoms with van der Waals surface area (Å²) in [6, 6.07) is 7.77. The van der Waals surface area contributed by atoms with Gasteiger partial charge in [-0.25, -0.2) is 13.2 Å². The lowest BCUT2D eigenvalue weighted by atomic mass is 9.98. The summed E-state index contributed by atoms with van der Waals surface area (Å²) in [7, 11) is 0. The van der Waals surface area contributed by atoms with Crippen molar-refractivity contribution in [2.24, 2.45) is 5.73 Å². The Morgan fingerprint density at radius 2 is 1.71 bits per heavy atom. The average Bonchev–Trinajstić information content (AvgIpc) is 2.39. The molecule has 0 fully saturated rings. The molecule has 0 aliphatic carbocycles. The highest BCUT2D eigenvalue weighted by molar-refractivity contribution is 5.76. The smallest absolute Gasteiger partial charge is 0.231 e. The first-order chi connectivity index (χ1) is 9.99. The van der Waals surface area contributed by atoms with Gasteiger partial charge in [-0.15, -0.1) is 0 Å². The zero-order chi connectivity index (χ0) is 15.4. The van der Waals surface area contributed by atoms with E-state index in [1.54, 1.807) is 18.2 Å². The van der Waals surface area contributed by atoms with Crippen LogP contribution >= 0.6 is 0 Å². The van der Waals surface area contributed by atoms with Crippen LogP contribution in [0.2, 0.25) is 0 Å². The normalized spacial score (nSPS) is 10.6. The molecule has 0 spiro atoms. The number of carbonyl (C=O) groups is 1. The van der Waals surface area contributed by atoms with Crippen LogP contribution in [0.1, 0.15) is 5.56 Å². The van der Waals surface area contributed by atoms with Crippen LogP contribution in [0.5, 0.6) is 0 Å². The minimum atomic E-state index is -0.977. The molecule has 0 aliphatic heterocycles. The minimum absolute atomic E-state index is 0.0529. The van der Waals surface area contributed by atoms with E-state index in [1.807, 2.05) is 0 Å². The molecular weight excluding hydrogens is 281 g/mol. The first kappa shape index (κ1) is 15.1. The van der Waals surface area contributed by atoms with E-state index < -0.39 is 23.4 Å². The van der Waals surface area contributed by atoms with E-state index >= 15 is 0 Å². The molecule has 0 heterocycles. The molecule has 0 radical (unpaired) electrons. The molecule has 0 aliphatic rings. The number of halogens is 3. The molecule has 2 aromatic rings. The maximum absolute atomic E-state index is 13.9. The largest absolute Gasteiger partial charge is 0.369 e. The molecule has 0 bridgehead atoms. The van der Waals surface area contributed by atoms with E-state index in [0.29, 0.717) is 23.3 Å². The number of carbonyl (C=O) groups excluding carboxylic acids is 1. The summed E-state index contributed by atoms with van der Waals surface area (Å²) in [6.07, 6.45) is 0. The zero-order valence-corrected chi connectivity index (χ0v) is 11.0. The monoisotopic (exact) mass is 294 g/mol. The van der Waals surface area contributed by atoms with Crippen molar-refractivity contribution in [3.8, 4) is 11.1 Å². The lowest BCUT2D eigenvalue weighted by Gasteiger charge is -2.12. The summed E-state index contributed by atoms with van der Waals surface area (Å²) in [5, 5.41) is 2.77. The first-order valence-corrected chi connectivity index (χ1v) is 6.21. The molecule has 6 heteroatoms. The molecular formula is C15H13F3N2O.